The predicted octanol–water partition coefficient (Wildman–Crippen LogP) is 2.97. The van der Waals surface area contributed by atoms with Gasteiger partial charge in [-0.05, 0) is 43.5 Å². The highest BCUT2D eigenvalue weighted by molar-refractivity contribution is 5.86. The molecule has 19 heavy (non-hydrogen) atoms. The van der Waals surface area contributed by atoms with Crippen molar-refractivity contribution in [3.63, 3.8) is 0 Å². The molecule has 0 atom stereocenters. The van der Waals surface area contributed by atoms with Gasteiger partial charge in [-0.3, -0.25) is 0 Å². The van der Waals surface area contributed by atoms with E-state index in [4.69, 9.17) is 14.4 Å². The average Bonchev–Trinajstić information content (AvgIpc) is 2.83. The maximum absolute atomic E-state index is 10.8. The summed E-state index contributed by atoms with van der Waals surface area (Å²) in [6, 6.07) is 3.34. The lowest BCUT2D eigenvalue weighted by Gasteiger charge is -2.14. The van der Waals surface area contributed by atoms with Crippen LogP contribution in [0.1, 0.15) is 27.2 Å². The fourth-order valence-electron chi connectivity index (χ4n) is 2.15. The van der Waals surface area contributed by atoms with Crippen LogP contribution < -0.4 is 4.74 Å². The molecule has 100 valence electrons. The van der Waals surface area contributed by atoms with Gasteiger partial charge < -0.3 is 14.4 Å². The Bertz CT molecular complexity index is 643. The van der Waals surface area contributed by atoms with Gasteiger partial charge in [-0.1, -0.05) is 5.16 Å². The Morgan fingerprint density at radius 1 is 1.26 bits per heavy atom. The van der Waals surface area contributed by atoms with Gasteiger partial charge in [0.25, 0.3) is 0 Å². The molecule has 0 unspecified atom stereocenters. The molecule has 0 aliphatic heterocycles. The molecule has 5 nitrogen and oxygen atoms in total. The van der Waals surface area contributed by atoms with Gasteiger partial charge in [0.2, 0.25) is 5.76 Å². The highest BCUT2D eigenvalue weighted by atomic mass is 16.5. The van der Waals surface area contributed by atoms with Crippen LogP contribution in [0.2, 0.25) is 0 Å². The van der Waals surface area contributed by atoms with Crippen molar-refractivity contribution >= 4 is 5.97 Å². The Morgan fingerprint density at radius 2 is 1.95 bits per heavy atom. The molecule has 1 heterocycles. The number of nitrogens with zero attached hydrogens (tertiary/aromatic N) is 1. The number of aromatic carboxylic acids is 1. The smallest absolute Gasteiger partial charge is 0.374 e. The van der Waals surface area contributed by atoms with Crippen molar-refractivity contribution in [3.05, 3.63) is 34.6 Å². The van der Waals surface area contributed by atoms with Crippen LogP contribution in [-0.4, -0.2) is 23.3 Å². The average molecular weight is 261 g/mol. The molecule has 0 amide bonds. The summed E-state index contributed by atoms with van der Waals surface area (Å²) in [6.07, 6.45) is 0. The molecule has 0 saturated carbocycles. The van der Waals surface area contributed by atoms with Crippen molar-refractivity contribution in [2.45, 2.75) is 20.8 Å². The Balaban J connectivity index is 2.61. The largest absolute Gasteiger partial charge is 0.496 e. The van der Waals surface area contributed by atoms with Crippen LogP contribution in [-0.2, 0) is 0 Å². The number of benzene rings is 1. The minimum Gasteiger partial charge on any atom is -0.496 e. The number of carboxylic acids is 1. The highest BCUT2D eigenvalue weighted by Crippen LogP contribution is 2.34. The predicted molar refractivity (Wildman–Crippen MR) is 69.7 cm³/mol. The molecule has 2 rings (SSSR count). The van der Waals surface area contributed by atoms with Crippen molar-refractivity contribution in [3.8, 4) is 17.0 Å². The minimum atomic E-state index is -1.13. The lowest BCUT2D eigenvalue weighted by molar-refractivity contribution is 0.0652. The van der Waals surface area contributed by atoms with Crippen molar-refractivity contribution in [2.24, 2.45) is 0 Å². The standard InChI is InChI=1S/C14H15NO4/c1-7-5-11(18-4)8(2)9(3)13(7)10-6-12(14(16)17)19-15-10/h5-6H,1-4H3,(H,16,17). The normalized spacial score (nSPS) is 10.5. The van der Waals surface area contributed by atoms with E-state index in [0.29, 0.717) is 5.69 Å². The number of carbonyl (C=O) groups is 1. The number of ether oxygens (including phenoxy) is 1. The molecule has 2 aromatic rings. The van der Waals surface area contributed by atoms with Gasteiger partial charge in [0, 0.05) is 11.6 Å². The van der Waals surface area contributed by atoms with E-state index in [9.17, 15) is 4.79 Å². The van der Waals surface area contributed by atoms with Crippen molar-refractivity contribution in [1.82, 2.24) is 5.16 Å². The molecular weight excluding hydrogens is 246 g/mol. The third kappa shape index (κ3) is 2.19. The number of hydrogen-bond acceptors (Lipinski definition) is 4. The van der Waals surface area contributed by atoms with Gasteiger partial charge in [-0.25, -0.2) is 4.79 Å². The summed E-state index contributed by atoms with van der Waals surface area (Å²) in [7, 11) is 1.62. The maximum atomic E-state index is 10.8. The molecule has 0 saturated heterocycles. The zero-order valence-electron chi connectivity index (χ0n) is 11.3. The van der Waals surface area contributed by atoms with E-state index in [-0.39, 0.29) is 5.76 Å². The number of carboxylic acid groups (broad SMARTS) is 1. The second-order valence-corrected chi connectivity index (χ2v) is 4.40. The van der Waals surface area contributed by atoms with Crippen molar-refractivity contribution < 1.29 is 19.2 Å². The van der Waals surface area contributed by atoms with E-state index < -0.39 is 5.97 Å². The van der Waals surface area contributed by atoms with E-state index in [1.54, 1.807) is 7.11 Å². The fourth-order valence-corrected chi connectivity index (χ4v) is 2.15. The second kappa shape index (κ2) is 4.76. The van der Waals surface area contributed by atoms with Crippen LogP contribution in [0, 0.1) is 20.8 Å². The summed E-state index contributed by atoms with van der Waals surface area (Å²) >= 11 is 0. The number of aromatic nitrogens is 1. The quantitative estimate of drug-likeness (QED) is 0.919. The zero-order chi connectivity index (χ0) is 14.2. The molecule has 0 bridgehead atoms. The first-order valence-corrected chi connectivity index (χ1v) is 5.81. The molecule has 5 heteroatoms. The topological polar surface area (TPSA) is 72.6 Å². The fraction of sp³-hybridized carbons (Fsp3) is 0.286. The molecule has 0 fully saturated rings. The summed E-state index contributed by atoms with van der Waals surface area (Å²) in [6.45, 7) is 5.84. The molecule has 1 aromatic carbocycles. The van der Waals surface area contributed by atoms with E-state index in [0.717, 1.165) is 28.0 Å². The number of rotatable bonds is 3. The monoisotopic (exact) mass is 261 g/mol. The first-order chi connectivity index (χ1) is 8.95. The van der Waals surface area contributed by atoms with Crippen molar-refractivity contribution in [1.29, 1.82) is 0 Å². The summed E-state index contributed by atoms with van der Waals surface area (Å²) in [4.78, 5) is 10.8. The van der Waals surface area contributed by atoms with Crippen LogP contribution in [0.25, 0.3) is 11.3 Å². The van der Waals surface area contributed by atoms with Crippen LogP contribution in [0.4, 0.5) is 0 Å². The second-order valence-electron chi connectivity index (χ2n) is 4.40. The van der Waals surface area contributed by atoms with Gasteiger partial charge in [0.05, 0.1) is 7.11 Å². The molecule has 0 radical (unpaired) electrons. The van der Waals surface area contributed by atoms with E-state index in [1.165, 1.54) is 6.07 Å². The molecule has 0 spiro atoms. The van der Waals surface area contributed by atoms with Crippen LogP contribution in [0.15, 0.2) is 16.7 Å². The summed E-state index contributed by atoms with van der Waals surface area (Å²) in [5, 5.41) is 12.7. The SMILES string of the molecule is COc1cc(C)c(-c2cc(C(=O)O)on2)c(C)c1C. The Labute approximate surface area is 110 Å². The molecule has 0 aliphatic carbocycles. The third-order valence-electron chi connectivity index (χ3n) is 3.25. The van der Waals surface area contributed by atoms with Gasteiger partial charge in [-0.15, -0.1) is 0 Å². The Kier molecular flexibility index (Phi) is 3.29. The Morgan fingerprint density at radius 3 is 2.47 bits per heavy atom. The summed E-state index contributed by atoms with van der Waals surface area (Å²) < 4.78 is 10.1. The van der Waals surface area contributed by atoms with Gasteiger partial charge in [0.15, 0.2) is 0 Å². The van der Waals surface area contributed by atoms with Crippen LogP contribution >= 0.6 is 0 Å². The lowest BCUT2D eigenvalue weighted by Crippen LogP contribution is -1.96. The molecule has 0 aliphatic rings. The summed E-state index contributed by atoms with van der Waals surface area (Å²) in [5.41, 5.74) is 4.38. The first-order valence-electron chi connectivity index (χ1n) is 5.81. The zero-order valence-corrected chi connectivity index (χ0v) is 11.3. The lowest BCUT2D eigenvalue weighted by atomic mass is 9.95. The maximum Gasteiger partial charge on any atom is 0.374 e. The van der Waals surface area contributed by atoms with Gasteiger partial charge in [0.1, 0.15) is 11.4 Å². The van der Waals surface area contributed by atoms with Crippen molar-refractivity contribution in [2.75, 3.05) is 7.11 Å². The Hall–Kier alpha value is -2.30. The van der Waals surface area contributed by atoms with Crippen LogP contribution in [0.5, 0.6) is 5.75 Å². The number of methoxy groups -OCH3 is 1. The molecule has 1 aromatic heterocycles. The highest BCUT2D eigenvalue weighted by Gasteiger charge is 2.18. The summed E-state index contributed by atoms with van der Waals surface area (Å²) in [5.74, 6) is -0.484. The minimum absolute atomic E-state index is 0.165. The van der Waals surface area contributed by atoms with Crippen LogP contribution in [0.3, 0.4) is 0 Å². The van der Waals surface area contributed by atoms with E-state index in [2.05, 4.69) is 5.16 Å². The first kappa shape index (κ1) is 13.1. The third-order valence-corrected chi connectivity index (χ3v) is 3.25. The molecular formula is C14H15NO4. The number of hydrogen-bond donors (Lipinski definition) is 1. The number of aryl methyl sites for hydroxylation is 1. The van der Waals surface area contributed by atoms with Gasteiger partial charge in [-0.2, -0.15) is 0 Å². The molecule has 1 N–H and O–H groups in total. The van der Waals surface area contributed by atoms with E-state index >= 15 is 0 Å². The van der Waals surface area contributed by atoms with Gasteiger partial charge >= 0.3 is 5.97 Å². The van der Waals surface area contributed by atoms with E-state index in [1.807, 2.05) is 26.8 Å².